The van der Waals surface area contributed by atoms with Crippen molar-refractivity contribution in [2.75, 3.05) is 13.1 Å². The van der Waals surface area contributed by atoms with Gasteiger partial charge in [0, 0.05) is 21.8 Å². The second-order valence-electron chi connectivity index (χ2n) is 5.22. The maximum absolute atomic E-state index is 5.94. The van der Waals surface area contributed by atoms with E-state index in [0.29, 0.717) is 18.0 Å². The lowest BCUT2D eigenvalue weighted by Crippen LogP contribution is -2.32. The molecule has 17 heavy (non-hydrogen) atoms. The Morgan fingerprint density at radius 3 is 2.76 bits per heavy atom. The van der Waals surface area contributed by atoms with E-state index in [-0.39, 0.29) is 0 Å². The average molecular weight is 252 g/mol. The summed E-state index contributed by atoms with van der Waals surface area (Å²) in [5.41, 5.74) is 5.94. The van der Waals surface area contributed by atoms with E-state index < -0.39 is 0 Å². The predicted octanol–water partition coefficient (Wildman–Crippen LogP) is 3.04. The standard InChI is InChI=1S/C14H24N2S/c1-4-12-5-6-13(17-12)14-11(9-15)7-8-16(14)10(2)3/h5-6,10-11,14H,4,7-9,15H2,1-3H3. The fourth-order valence-electron chi connectivity index (χ4n) is 2.85. The second kappa shape index (κ2) is 5.51. The smallest absolute Gasteiger partial charge is 0.0484 e. The van der Waals surface area contributed by atoms with Crippen molar-refractivity contribution < 1.29 is 0 Å². The first-order chi connectivity index (χ1) is 8.17. The van der Waals surface area contributed by atoms with Crippen molar-refractivity contribution in [3.05, 3.63) is 21.9 Å². The molecule has 0 radical (unpaired) electrons. The van der Waals surface area contributed by atoms with E-state index in [2.05, 4.69) is 37.8 Å². The summed E-state index contributed by atoms with van der Waals surface area (Å²) in [6.07, 6.45) is 2.39. The summed E-state index contributed by atoms with van der Waals surface area (Å²) in [7, 11) is 0. The molecule has 1 aromatic rings. The predicted molar refractivity (Wildman–Crippen MR) is 75.4 cm³/mol. The zero-order chi connectivity index (χ0) is 12.4. The van der Waals surface area contributed by atoms with Crippen molar-refractivity contribution >= 4 is 11.3 Å². The molecule has 2 heterocycles. The van der Waals surface area contributed by atoms with Crippen molar-refractivity contribution in [3.63, 3.8) is 0 Å². The van der Waals surface area contributed by atoms with Gasteiger partial charge in [-0.1, -0.05) is 6.92 Å². The first kappa shape index (κ1) is 13.1. The molecule has 96 valence electrons. The highest BCUT2D eigenvalue weighted by Gasteiger charge is 2.36. The van der Waals surface area contributed by atoms with Gasteiger partial charge in [0.05, 0.1) is 0 Å². The van der Waals surface area contributed by atoms with Crippen LogP contribution >= 0.6 is 11.3 Å². The molecular weight excluding hydrogens is 228 g/mol. The van der Waals surface area contributed by atoms with Gasteiger partial charge in [-0.25, -0.2) is 0 Å². The molecule has 1 saturated heterocycles. The molecule has 3 heteroatoms. The first-order valence-corrected chi connectivity index (χ1v) is 7.53. The molecule has 0 spiro atoms. The van der Waals surface area contributed by atoms with Crippen LogP contribution in [0.1, 0.15) is 43.0 Å². The van der Waals surface area contributed by atoms with Gasteiger partial charge >= 0.3 is 0 Å². The molecule has 2 unspecified atom stereocenters. The van der Waals surface area contributed by atoms with Crippen LogP contribution in [0.3, 0.4) is 0 Å². The summed E-state index contributed by atoms with van der Waals surface area (Å²) in [5, 5.41) is 0. The van der Waals surface area contributed by atoms with Gasteiger partial charge in [0.2, 0.25) is 0 Å². The summed E-state index contributed by atoms with van der Waals surface area (Å²) in [6.45, 7) is 8.82. The fourth-order valence-corrected chi connectivity index (χ4v) is 4.02. The van der Waals surface area contributed by atoms with E-state index in [9.17, 15) is 0 Å². The number of hydrogen-bond acceptors (Lipinski definition) is 3. The molecule has 0 aliphatic carbocycles. The Labute approximate surface area is 109 Å². The molecule has 1 aliphatic rings. The zero-order valence-corrected chi connectivity index (χ0v) is 12.0. The Balaban J connectivity index is 2.24. The van der Waals surface area contributed by atoms with Crippen molar-refractivity contribution in [1.82, 2.24) is 4.90 Å². The third kappa shape index (κ3) is 2.56. The van der Waals surface area contributed by atoms with Gasteiger partial charge in [0.1, 0.15) is 0 Å². The number of aryl methyl sites for hydroxylation is 1. The quantitative estimate of drug-likeness (QED) is 0.892. The van der Waals surface area contributed by atoms with E-state index >= 15 is 0 Å². The lowest BCUT2D eigenvalue weighted by Gasteiger charge is -2.30. The molecule has 1 aliphatic heterocycles. The molecular formula is C14H24N2S. The van der Waals surface area contributed by atoms with E-state index in [4.69, 9.17) is 5.73 Å². The van der Waals surface area contributed by atoms with E-state index in [1.165, 1.54) is 22.7 Å². The van der Waals surface area contributed by atoms with Crippen LogP contribution in [-0.2, 0) is 6.42 Å². The molecule has 0 amide bonds. The molecule has 1 aromatic heterocycles. The van der Waals surface area contributed by atoms with Crippen molar-refractivity contribution in [2.45, 2.75) is 45.7 Å². The highest BCUT2D eigenvalue weighted by molar-refractivity contribution is 7.12. The van der Waals surface area contributed by atoms with E-state index in [1.54, 1.807) is 0 Å². The highest BCUT2D eigenvalue weighted by Crippen LogP contribution is 2.40. The lowest BCUT2D eigenvalue weighted by atomic mass is 9.99. The molecule has 2 atom stereocenters. The number of nitrogens with two attached hydrogens (primary N) is 1. The topological polar surface area (TPSA) is 29.3 Å². The van der Waals surface area contributed by atoms with Crippen LogP contribution in [0.4, 0.5) is 0 Å². The van der Waals surface area contributed by atoms with Gasteiger partial charge in [-0.05, 0) is 57.8 Å². The maximum Gasteiger partial charge on any atom is 0.0484 e. The minimum Gasteiger partial charge on any atom is -0.330 e. The Morgan fingerprint density at radius 2 is 2.24 bits per heavy atom. The summed E-state index contributed by atoms with van der Waals surface area (Å²) in [5.74, 6) is 0.640. The van der Waals surface area contributed by atoms with Crippen LogP contribution in [-0.4, -0.2) is 24.0 Å². The number of rotatable bonds is 4. The van der Waals surface area contributed by atoms with Crippen LogP contribution < -0.4 is 5.73 Å². The minimum atomic E-state index is 0.560. The SMILES string of the molecule is CCc1ccc(C2C(CN)CCN2C(C)C)s1. The zero-order valence-electron chi connectivity index (χ0n) is 11.1. The van der Waals surface area contributed by atoms with Crippen LogP contribution in [0.5, 0.6) is 0 Å². The Bertz CT molecular complexity index is 359. The van der Waals surface area contributed by atoms with Gasteiger partial charge in [0.15, 0.2) is 0 Å². The number of likely N-dealkylation sites (tertiary alicyclic amines) is 1. The number of nitrogens with zero attached hydrogens (tertiary/aromatic N) is 1. The Kier molecular flexibility index (Phi) is 4.23. The molecule has 0 aromatic carbocycles. The van der Waals surface area contributed by atoms with Gasteiger partial charge in [-0.2, -0.15) is 0 Å². The van der Waals surface area contributed by atoms with Gasteiger partial charge in [-0.15, -0.1) is 11.3 Å². The van der Waals surface area contributed by atoms with Gasteiger partial charge in [0.25, 0.3) is 0 Å². The summed E-state index contributed by atoms with van der Waals surface area (Å²) >= 11 is 1.97. The van der Waals surface area contributed by atoms with Crippen molar-refractivity contribution in [2.24, 2.45) is 11.7 Å². The maximum atomic E-state index is 5.94. The van der Waals surface area contributed by atoms with Gasteiger partial charge in [-0.3, -0.25) is 4.90 Å². The monoisotopic (exact) mass is 252 g/mol. The van der Waals surface area contributed by atoms with Crippen molar-refractivity contribution in [3.8, 4) is 0 Å². The molecule has 2 nitrogen and oxygen atoms in total. The van der Waals surface area contributed by atoms with Crippen molar-refractivity contribution in [1.29, 1.82) is 0 Å². The fraction of sp³-hybridized carbons (Fsp3) is 0.714. The van der Waals surface area contributed by atoms with Crippen LogP contribution in [0.2, 0.25) is 0 Å². The number of hydrogen-bond donors (Lipinski definition) is 1. The third-order valence-electron chi connectivity index (χ3n) is 3.85. The average Bonchev–Trinajstić information content (AvgIpc) is 2.94. The van der Waals surface area contributed by atoms with Crippen LogP contribution in [0.25, 0.3) is 0 Å². The van der Waals surface area contributed by atoms with Gasteiger partial charge < -0.3 is 5.73 Å². The first-order valence-electron chi connectivity index (χ1n) is 6.71. The Hall–Kier alpha value is -0.380. The normalized spacial score (nSPS) is 25.9. The summed E-state index contributed by atoms with van der Waals surface area (Å²) in [4.78, 5) is 5.62. The highest BCUT2D eigenvalue weighted by atomic mass is 32.1. The van der Waals surface area contributed by atoms with E-state index in [0.717, 1.165) is 13.0 Å². The minimum absolute atomic E-state index is 0.560. The molecule has 1 fully saturated rings. The van der Waals surface area contributed by atoms with Crippen LogP contribution in [0, 0.1) is 5.92 Å². The van der Waals surface area contributed by atoms with E-state index in [1.807, 2.05) is 11.3 Å². The molecule has 2 N–H and O–H groups in total. The second-order valence-corrected chi connectivity index (χ2v) is 6.42. The summed E-state index contributed by atoms with van der Waals surface area (Å²) < 4.78 is 0. The third-order valence-corrected chi connectivity index (χ3v) is 5.15. The largest absolute Gasteiger partial charge is 0.330 e. The van der Waals surface area contributed by atoms with Crippen LogP contribution in [0.15, 0.2) is 12.1 Å². The molecule has 0 bridgehead atoms. The molecule has 0 saturated carbocycles. The number of thiophene rings is 1. The lowest BCUT2D eigenvalue weighted by molar-refractivity contribution is 0.187. The Morgan fingerprint density at radius 1 is 1.47 bits per heavy atom. The summed E-state index contributed by atoms with van der Waals surface area (Å²) in [6, 6.07) is 5.77. The molecule has 2 rings (SSSR count).